The van der Waals surface area contributed by atoms with Crippen molar-refractivity contribution in [2.75, 3.05) is 13.7 Å². The molecule has 0 bridgehead atoms. The van der Waals surface area contributed by atoms with E-state index in [0.29, 0.717) is 0 Å². The van der Waals surface area contributed by atoms with Crippen molar-refractivity contribution < 1.29 is 22.7 Å². The molecule has 0 spiro atoms. The molecule has 2 N–H and O–H groups in total. The smallest absolute Gasteiger partial charge is 0.338 e. The number of amides is 1. The average molecular weight is 342 g/mol. The van der Waals surface area contributed by atoms with Crippen LogP contribution >= 0.6 is 0 Å². The van der Waals surface area contributed by atoms with Gasteiger partial charge in [0.25, 0.3) is 5.91 Å². The van der Waals surface area contributed by atoms with Gasteiger partial charge >= 0.3 is 5.97 Å². The highest BCUT2D eigenvalue weighted by Gasteiger charge is 2.16. The summed E-state index contributed by atoms with van der Waals surface area (Å²) in [6.45, 7) is 3.50. The molecule has 128 valence electrons. The second-order valence-corrected chi connectivity index (χ2v) is 6.78. The lowest BCUT2D eigenvalue weighted by Gasteiger charge is -2.14. The van der Waals surface area contributed by atoms with E-state index in [0.717, 1.165) is 12.8 Å². The fourth-order valence-electron chi connectivity index (χ4n) is 1.88. The van der Waals surface area contributed by atoms with E-state index in [1.165, 1.54) is 31.3 Å². The fraction of sp³-hybridized carbons (Fsp3) is 0.467. The van der Waals surface area contributed by atoms with E-state index in [2.05, 4.69) is 10.0 Å². The molecule has 0 aliphatic rings. The van der Waals surface area contributed by atoms with Crippen molar-refractivity contribution in [3.05, 3.63) is 29.8 Å². The van der Waals surface area contributed by atoms with E-state index in [1.807, 2.05) is 13.8 Å². The maximum Gasteiger partial charge on any atom is 0.338 e. The topological polar surface area (TPSA) is 102 Å². The molecule has 0 saturated heterocycles. The molecule has 0 aliphatic carbocycles. The van der Waals surface area contributed by atoms with Gasteiger partial charge in [0.2, 0.25) is 10.0 Å². The Balaban J connectivity index is 2.69. The van der Waals surface area contributed by atoms with Crippen LogP contribution in [-0.4, -0.2) is 40.0 Å². The van der Waals surface area contributed by atoms with Gasteiger partial charge in [-0.05, 0) is 38.1 Å². The van der Waals surface area contributed by atoms with Gasteiger partial charge in [-0.2, -0.15) is 0 Å². The summed E-state index contributed by atoms with van der Waals surface area (Å²) in [4.78, 5) is 23.6. The van der Waals surface area contributed by atoms with Crippen LogP contribution in [0.15, 0.2) is 29.2 Å². The standard InChI is InChI=1S/C15H22N2O5S/c1-4-12(5-2)17-14(18)10-22-15(19)11-7-6-8-13(9-11)23(20,21)16-3/h6-9,12,16H,4-5,10H2,1-3H3,(H,17,18). The minimum atomic E-state index is -3.65. The Morgan fingerprint density at radius 1 is 1.22 bits per heavy atom. The molecule has 1 aromatic rings. The molecule has 1 amide bonds. The van der Waals surface area contributed by atoms with Gasteiger partial charge in [-0.15, -0.1) is 0 Å². The summed E-state index contributed by atoms with van der Waals surface area (Å²) in [5.74, 6) is -1.14. The first-order valence-corrected chi connectivity index (χ1v) is 8.82. The first-order chi connectivity index (χ1) is 10.8. The van der Waals surface area contributed by atoms with Crippen molar-refractivity contribution in [1.82, 2.24) is 10.0 Å². The Hall–Kier alpha value is -1.93. The number of esters is 1. The predicted molar refractivity (Wildman–Crippen MR) is 85.5 cm³/mol. The molecule has 8 heteroatoms. The molecular weight excluding hydrogens is 320 g/mol. The molecule has 0 radical (unpaired) electrons. The van der Waals surface area contributed by atoms with Gasteiger partial charge in [-0.25, -0.2) is 17.9 Å². The molecule has 7 nitrogen and oxygen atoms in total. The Morgan fingerprint density at radius 2 is 1.87 bits per heavy atom. The van der Waals surface area contributed by atoms with E-state index < -0.39 is 22.6 Å². The molecule has 0 aromatic heterocycles. The van der Waals surface area contributed by atoms with Crippen molar-refractivity contribution in [2.45, 2.75) is 37.6 Å². The molecule has 0 saturated carbocycles. The predicted octanol–water partition coefficient (Wildman–Crippen LogP) is 1.06. The van der Waals surface area contributed by atoms with Crippen LogP contribution in [0.1, 0.15) is 37.0 Å². The van der Waals surface area contributed by atoms with Crippen LogP contribution in [0, 0.1) is 0 Å². The number of nitrogens with one attached hydrogen (secondary N) is 2. The van der Waals surface area contributed by atoms with Crippen molar-refractivity contribution in [1.29, 1.82) is 0 Å². The minimum Gasteiger partial charge on any atom is -0.452 e. The number of hydrogen-bond donors (Lipinski definition) is 2. The largest absolute Gasteiger partial charge is 0.452 e. The zero-order valence-electron chi connectivity index (χ0n) is 13.5. The van der Waals surface area contributed by atoms with Gasteiger partial charge < -0.3 is 10.1 Å². The fourth-order valence-corrected chi connectivity index (χ4v) is 2.66. The monoisotopic (exact) mass is 342 g/mol. The van der Waals surface area contributed by atoms with Crippen LogP contribution in [0.2, 0.25) is 0 Å². The highest BCUT2D eigenvalue weighted by Crippen LogP contribution is 2.12. The third-order valence-electron chi connectivity index (χ3n) is 3.33. The Labute approximate surface area is 136 Å². The maximum absolute atomic E-state index is 11.9. The number of rotatable bonds is 8. The summed E-state index contributed by atoms with van der Waals surface area (Å²) in [7, 11) is -2.36. The normalized spacial score (nSPS) is 11.3. The first kappa shape index (κ1) is 19.1. The van der Waals surface area contributed by atoms with Crippen molar-refractivity contribution in [3.8, 4) is 0 Å². The second kappa shape index (κ2) is 8.64. The molecule has 1 aromatic carbocycles. The van der Waals surface area contributed by atoms with E-state index in [1.54, 1.807) is 0 Å². The first-order valence-electron chi connectivity index (χ1n) is 7.34. The average Bonchev–Trinajstić information content (AvgIpc) is 2.57. The summed E-state index contributed by atoms with van der Waals surface area (Å²) in [5.41, 5.74) is 0.0664. The van der Waals surface area contributed by atoms with Gasteiger partial charge in [-0.3, -0.25) is 4.79 Å². The van der Waals surface area contributed by atoms with Gasteiger partial charge in [0.1, 0.15) is 0 Å². The lowest BCUT2D eigenvalue weighted by Crippen LogP contribution is -2.36. The third kappa shape index (κ3) is 5.65. The number of carbonyl (C=O) groups excluding carboxylic acids is 2. The molecule has 0 aliphatic heterocycles. The molecule has 0 heterocycles. The van der Waals surface area contributed by atoms with E-state index in [-0.39, 0.29) is 22.4 Å². The van der Waals surface area contributed by atoms with Gasteiger partial charge in [0.05, 0.1) is 10.5 Å². The van der Waals surface area contributed by atoms with E-state index in [4.69, 9.17) is 4.74 Å². The van der Waals surface area contributed by atoms with Crippen LogP contribution < -0.4 is 10.0 Å². The number of sulfonamides is 1. The lowest BCUT2D eigenvalue weighted by atomic mass is 10.2. The molecule has 0 atom stereocenters. The zero-order valence-corrected chi connectivity index (χ0v) is 14.3. The SMILES string of the molecule is CCC(CC)NC(=O)COC(=O)c1cccc(S(=O)(=O)NC)c1. The number of hydrogen-bond acceptors (Lipinski definition) is 5. The number of benzene rings is 1. The Kier molecular flexibility index (Phi) is 7.18. The van der Waals surface area contributed by atoms with Crippen LogP contribution in [0.5, 0.6) is 0 Å². The van der Waals surface area contributed by atoms with E-state index in [9.17, 15) is 18.0 Å². The quantitative estimate of drug-likeness (QED) is 0.688. The Morgan fingerprint density at radius 3 is 2.43 bits per heavy atom. The van der Waals surface area contributed by atoms with Gasteiger partial charge in [0.15, 0.2) is 6.61 Å². The summed E-state index contributed by atoms with van der Waals surface area (Å²) in [5, 5.41) is 2.75. The van der Waals surface area contributed by atoms with Crippen molar-refractivity contribution in [3.63, 3.8) is 0 Å². The molecule has 0 unspecified atom stereocenters. The highest BCUT2D eigenvalue weighted by atomic mass is 32.2. The van der Waals surface area contributed by atoms with E-state index >= 15 is 0 Å². The lowest BCUT2D eigenvalue weighted by molar-refractivity contribution is -0.125. The molecule has 1 rings (SSSR count). The minimum absolute atomic E-state index is 0.0454. The van der Waals surface area contributed by atoms with Crippen LogP contribution in [0.25, 0.3) is 0 Å². The number of ether oxygens (including phenoxy) is 1. The van der Waals surface area contributed by atoms with Gasteiger partial charge in [-0.1, -0.05) is 19.9 Å². The summed E-state index contributed by atoms with van der Waals surface area (Å²) in [6.07, 6.45) is 1.58. The van der Waals surface area contributed by atoms with Crippen LogP contribution in [0.3, 0.4) is 0 Å². The van der Waals surface area contributed by atoms with Crippen LogP contribution in [0.4, 0.5) is 0 Å². The summed E-state index contributed by atoms with van der Waals surface area (Å²) >= 11 is 0. The zero-order chi connectivity index (χ0) is 17.5. The summed E-state index contributed by atoms with van der Waals surface area (Å²) in [6, 6.07) is 5.47. The van der Waals surface area contributed by atoms with Crippen LogP contribution in [-0.2, 0) is 19.6 Å². The second-order valence-electron chi connectivity index (χ2n) is 4.89. The third-order valence-corrected chi connectivity index (χ3v) is 4.75. The Bertz CT molecular complexity index is 654. The molecule has 23 heavy (non-hydrogen) atoms. The van der Waals surface area contributed by atoms with Crippen molar-refractivity contribution >= 4 is 21.9 Å². The highest BCUT2D eigenvalue weighted by molar-refractivity contribution is 7.89. The molecule has 0 fully saturated rings. The maximum atomic E-state index is 11.9. The molecular formula is C15H22N2O5S. The van der Waals surface area contributed by atoms with Gasteiger partial charge in [0, 0.05) is 6.04 Å². The summed E-state index contributed by atoms with van der Waals surface area (Å²) < 4.78 is 30.5. The number of carbonyl (C=O) groups is 2. The van der Waals surface area contributed by atoms with Crippen molar-refractivity contribution in [2.24, 2.45) is 0 Å².